The van der Waals surface area contributed by atoms with Crippen molar-refractivity contribution in [1.82, 2.24) is 20.2 Å². The minimum atomic E-state index is 0.782. The molecule has 0 atom stereocenters. The first kappa shape index (κ1) is 7.65. The zero-order valence-electron chi connectivity index (χ0n) is 6.57. The third-order valence-corrected chi connectivity index (χ3v) is 1.11. The fraction of sp³-hybridized carbons (Fsp3) is 0.286. The first-order valence-corrected chi connectivity index (χ1v) is 3.56. The average Bonchev–Trinajstić information content (AvgIpc) is 2.55. The summed E-state index contributed by atoms with van der Waals surface area (Å²) in [6.45, 7) is 4.00. The number of H-pyrrole nitrogens is 1. The molecule has 2 aromatic heterocycles. The number of hydrogen-bond acceptors (Lipinski definition) is 3. The fourth-order valence-corrected chi connectivity index (χ4v) is 0.691. The van der Waals surface area contributed by atoms with Crippen molar-refractivity contribution in [3.8, 4) is 0 Å². The van der Waals surface area contributed by atoms with Crippen LogP contribution in [0.3, 0.4) is 0 Å². The summed E-state index contributed by atoms with van der Waals surface area (Å²) in [4.78, 5) is 7.73. The third kappa shape index (κ3) is 1.52. The van der Waals surface area contributed by atoms with Crippen molar-refractivity contribution in [3.63, 3.8) is 0 Å². The molecule has 0 saturated heterocycles. The average molecular weight is 150 g/mol. The Hall–Kier alpha value is -1.45. The number of fused-ring (bicyclic) bond motifs is 1. The summed E-state index contributed by atoms with van der Waals surface area (Å²) in [5, 5.41) is 7.43. The van der Waals surface area contributed by atoms with E-state index in [9.17, 15) is 0 Å². The summed E-state index contributed by atoms with van der Waals surface area (Å²) in [6, 6.07) is 0. The molecular formula is C7H10N4. The highest BCUT2D eigenvalue weighted by atomic mass is 15.1. The van der Waals surface area contributed by atoms with Crippen LogP contribution >= 0.6 is 0 Å². The van der Waals surface area contributed by atoms with Crippen molar-refractivity contribution in [2.45, 2.75) is 13.8 Å². The van der Waals surface area contributed by atoms with Gasteiger partial charge in [-0.25, -0.2) is 9.97 Å². The van der Waals surface area contributed by atoms with Crippen molar-refractivity contribution in [1.29, 1.82) is 0 Å². The fourth-order valence-electron chi connectivity index (χ4n) is 0.691. The topological polar surface area (TPSA) is 54.5 Å². The van der Waals surface area contributed by atoms with Gasteiger partial charge >= 0.3 is 0 Å². The van der Waals surface area contributed by atoms with E-state index in [2.05, 4.69) is 20.2 Å². The quantitative estimate of drug-likeness (QED) is 0.617. The Bertz CT molecular complexity index is 284. The van der Waals surface area contributed by atoms with Crippen LogP contribution in [0.5, 0.6) is 0 Å². The maximum absolute atomic E-state index is 3.91. The van der Waals surface area contributed by atoms with Crippen molar-refractivity contribution in [2.24, 2.45) is 0 Å². The van der Waals surface area contributed by atoms with Crippen LogP contribution in [0, 0.1) is 0 Å². The Morgan fingerprint density at radius 2 is 2.09 bits per heavy atom. The summed E-state index contributed by atoms with van der Waals surface area (Å²) in [6.07, 6.45) is 4.89. The number of nitrogens with one attached hydrogen (secondary N) is 1. The van der Waals surface area contributed by atoms with Crippen LogP contribution in [0.1, 0.15) is 13.8 Å². The van der Waals surface area contributed by atoms with Crippen molar-refractivity contribution in [2.75, 3.05) is 0 Å². The van der Waals surface area contributed by atoms with E-state index in [1.165, 1.54) is 6.33 Å². The SMILES string of the molecule is CC.c1ncc2cn[nH]c2n1. The van der Waals surface area contributed by atoms with E-state index in [4.69, 9.17) is 0 Å². The number of rotatable bonds is 0. The Labute approximate surface area is 64.7 Å². The van der Waals surface area contributed by atoms with Gasteiger partial charge in [0.1, 0.15) is 6.33 Å². The molecule has 11 heavy (non-hydrogen) atoms. The first-order valence-electron chi connectivity index (χ1n) is 3.56. The van der Waals surface area contributed by atoms with Crippen molar-refractivity contribution >= 4 is 11.0 Å². The van der Waals surface area contributed by atoms with Gasteiger partial charge in [-0.05, 0) is 0 Å². The molecule has 58 valence electrons. The highest BCUT2D eigenvalue weighted by Gasteiger charge is 1.90. The summed E-state index contributed by atoms with van der Waals surface area (Å²) in [5.74, 6) is 0. The zero-order chi connectivity index (χ0) is 8.10. The monoisotopic (exact) mass is 150 g/mol. The van der Waals surface area contributed by atoms with E-state index in [-0.39, 0.29) is 0 Å². The molecule has 0 aliphatic rings. The van der Waals surface area contributed by atoms with E-state index in [1.54, 1.807) is 12.4 Å². The first-order chi connectivity index (χ1) is 5.47. The lowest BCUT2D eigenvalue weighted by Crippen LogP contribution is -1.75. The normalized spacial score (nSPS) is 8.91. The second-order valence-corrected chi connectivity index (χ2v) is 1.70. The lowest BCUT2D eigenvalue weighted by atomic mass is 10.5. The van der Waals surface area contributed by atoms with E-state index in [1.807, 2.05) is 13.8 Å². The van der Waals surface area contributed by atoms with Crippen LogP contribution in [0.25, 0.3) is 11.0 Å². The summed E-state index contributed by atoms with van der Waals surface area (Å²) in [7, 11) is 0. The smallest absolute Gasteiger partial charge is 0.158 e. The van der Waals surface area contributed by atoms with Crippen molar-refractivity contribution in [3.05, 3.63) is 18.7 Å². The van der Waals surface area contributed by atoms with E-state index < -0.39 is 0 Å². The second-order valence-electron chi connectivity index (χ2n) is 1.70. The summed E-state index contributed by atoms with van der Waals surface area (Å²) < 4.78 is 0. The van der Waals surface area contributed by atoms with Gasteiger partial charge in [0, 0.05) is 6.20 Å². The maximum atomic E-state index is 3.91. The van der Waals surface area contributed by atoms with Gasteiger partial charge in [0.2, 0.25) is 0 Å². The largest absolute Gasteiger partial charge is 0.261 e. The number of hydrogen-bond donors (Lipinski definition) is 1. The van der Waals surface area contributed by atoms with Gasteiger partial charge in [0.15, 0.2) is 5.65 Å². The molecule has 2 aromatic rings. The predicted octanol–water partition coefficient (Wildman–Crippen LogP) is 1.38. The molecule has 0 spiro atoms. The van der Waals surface area contributed by atoms with Gasteiger partial charge in [0.05, 0.1) is 11.6 Å². The molecule has 1 N–H and O–H groups in total. The van der Waals surface area contributed by atoms with Crippen LogP contribution in [0.2, 0.25) is 0 Å². The molecule has 4 nitrogen and oxygen atoms in total. The number of aromatic amines is 1. The number of nitrogens with zero attached hydrogens (tertiary/aromatic N) is 3. The Kier molecular flexibility index (Phi) is 2.54. The lowest BCUT2D eigenvalue weighted by Gasteiger charge is -1.80. The molecule has 0 fully saturated rings. The second kappa shape index (κ2) is 3.65. The molecule has 0 unspecified atom stereocenters. The van der Waals surface area contributed by atoms with Crippen LogP contribution < -0.4 is 0 Å². The molecule has 0 aromatic carbocycles. The Morgan fingerprint density at radius 1 is 1.27 bits per heavy atom. The van der Waals surface area contributed by atoms with Gasteiger partial charge in [-0.3, -0.25) is 5.10 Å². The minimum Gasteiger partial charge on any atom is -0.261 e. The molecule has 0 radical (unpaired) electrons. The van der Waals surface area contributed by atoms with Gasteiger partial charge in [-0.15, -0.1) is 0 Å². The van der Waals surface area contributed by atoms with E-state index in [0.717, 1.165) is 11.0 Å². The number of aromatic nitrogens is 4. The molecule has 0 bridgehead atoms. The van der Waals surface area contributed by atoms with Gasteiger partial charge in [0.25, 0.3) is 0 Å². The lowest BCUT2D eigenvalue weighted by molar-refractivity contribution is 1.09. The highest BCUT2D eigenvalue weighted by Crippen LogP contribution is 2.01. The van der Waals surface area contributed by atoms with Gasteiger partial charge in [-0.2, -0.15) is 5.10 Å². The van der Waals surface area contributed by atoms with Crippen LogP contribution in [0.4, 0.5) is 0 Å². The predicted molar refractivity (Wildman–Crippen MR) is 43.0 cm³/mol. The molecule has 0 aliphatic heterocycles. The van der Waals surface area contributed by atoms with Gasteiger partial charge in [-0.1, -0.05) is 13.8 Å². The molecule has 4 heteroatoms. The summed E-state index contributed by atoms with van der Waals surface area (Å²) in [5.41, 5.74) is 0.782. The molecule has 2 rings (SSSR count). The molecule has 0 aliphatic carbocycles. The Morgan fingerprint density at radius 3 is 2.82 bits per heavy atom. The standard InChI is InChI=1S/C5H4N4.C2H6/c1-4-2-8-9-5(4)7-3-6-1;1-2/h1-3H,(H,6,7,8,9);1-2H3. The Balaban J connectivity index is 0.000000281. The van der Waals surface area contributed by atoms with Gasteiger partial charge < -0.3 is 0 Å². The van der Waals surface area contributed by atoms with E-state index >= 15 is 0 Å². The van der Waals surface area contributed by atoms with Crippen LogP contribution in [-0.2, 0) is 0 Å². The van der Waals surface area contributed by atoms with Crippen LogP contribution in [-0.4, -0.2) is 20.2 Å². The maximum Gasteiger partial charge on any atom is 0.158 e. The molecule has 0 amide bonds. The van der Waals surface area contributed by atoms with Crippen molar-refractivity contribution < 1.29 is 0 Å². The minimum absolute atomic E-state index is 0.782. The third-order valence-electron chi connectivity index (χ3n) is 1.11. The van der Waals surface area contributed by atoms with Crippen LogP contribution in [0.15, 0.2) is 18.7 Å². The molecular weight excluding hydrogens is 140 g/mol. The summed E-state index contributed by atoms with van der Waals surface area (Å²) >= 11 is 0. The molecule has 0 saturated carbocycles. The zero-order valence-corrected chi connectivity index (χ0v) is 6.57. The molecule has 2 heterocycles. The highest BCUT2D eigenvalue weighted by molar-refractivity contribution is 5.71. The van der Waals surface area contributed by atoms with E-state index in [0.29, 0.717) is 0 Å².